The first kappa shape index (κ1) is 20.1. The largest absolute Gasteiger partial charge is 0.325 e. The van der Waals surface area contributed by atoms with E-state index in [1.165, 1.54) is 23.9 Å². The van der Waals surface area contributed by atoms with Crippen LogP contribution < -0.4 is 5.32 Å². The minimum atomic E-state index is -0.487. The Kier molecular flexibility index (Phi) is 5.80. The van der Waals surface area contributed by atoms with Gasteiger partial charge in [0.2, 0.25) is 5.91 Å². The maximum atomic E-state index is 12.7. The lowest BCUT2D eigenvalue weighted by atomic mass is 10.2. The Morgan fingerprint density at radius 1 is 1.23 bits per heavy atom. The Morgan fingerprint density at radius 2 is 2.00 bits per heavy atom. The SMILES string of the molecule is CC(Sc1nnc(C2CC2)n1Cc1ccccc1)C(=O)Nc1cccc([N+](=O)[O-])c1. The minimum Gasteiger partial charge on any atom is -0.325 e. The Bertz CT molecular complexity index is 1070. The van der Waals surface area contributed by atoms with Crippen molar-refractivity contribution in [2.24, 2.45) is 0 Å². The summed E-state index contributed by atoms with van der Waals surface area (Å²) in [4.78, 5) is 23.1. The maximum absolute atomic E-state index is 12.7. The van der Waals surface area contributed by atoms with Crippen molar-refractivity contribution in [3.8, 4) is 0 Å². The summed E-state index contributed by atoms with van der Waals surface area (Å²) in [6, 6.07) is 16.0. The quantitative estimate of drug-likeness (QED) is 0.330. The molecule has 0 radical (unpaired) electrons. The molecule has 154 valence electrons. The van der Waals surface area contributed by atoms with Crippen LogP contribution in [0.1, 0.15) is 37.1 Å². The first-order valence-corrected chi connectivity index (χ1v) is 10.6. The van der Waals surface area contributed by atoms with Crippen LogP contribution in [0.2, 0.25) is 0 Å². The number of amides is 1. The van der Waals surface area contributed by atoms with Crippen LogP contribution in [0.4, 0.5) is 11.4 Å². The van der Waals surface area contributed by atoms with Gasteiger partial charge < -0.3 is 9.88 Å². The van der Waals surface area contributed by atoms with Gasteiger partial charge in [0.15, 0.2) is 5.16 Å². The van der Waals surface area contributed by atoms with Gasteiger partial charge in [0, 0.05) is 23.7 Å². The summed E-state index contributed by atoms with van der Waals surface area (Å²) < 4.78 is 2.09. The van der Waals surface area contributed by atoms with E-state index < -0.39 is 10.2 Å². The van der Waals surface area contributed by atoms with Crippen molar-refractivity contribution in [3.05, 3.63) is 76.1 Å². The molecule has 1 aromatic heterocycles. The van der Waals surface area contributed by atoms with Gasteiger partial charge in [0.05, 0.1) is 16.7 Å². The molecular formula is C21H21N5O3S. The number of thioether (sulfide) groups is 1. The van der Waals surface area contributed by atoms with Gasteiger partial charge in [-0.3, -0.25) is 14.9 Å². The van der Waals surface area contributed by atoms with Crippen molar-refractivity contribution < 1.29 is 9.72 Å². The zero-order valence-corrected chi connectivity index (χ0v) is 17.2. The lowest BCUT2D eigenvalue weighted by Gasteiger charge is -2.14. The lowest BCUT2D eigenvalue weighted by molar-refractivity contribution is -0.384. The molecule has 1 unspecified atom stereocenters. The number of carbonyl (C=O) groups is 1. The van der Waals surface area contributed by atoms with Gasteiger partial charge in [-0.05, 0) is 31.4 Å². The second-order valence-corrected chi connectivity index (χ2v) is 8.55. The first-order valence-electron chi connectivity index (χ1n) is 9.70. The maximum Gasteiger partial charge on any atom is 0.271 e. The van der Waals surface area contributed by atoms with Gasteiger partial charge in [0.1, 0.15) is 5.82 Å². The number of nitrogens with zero attached hydrogens (tertiary/aromatic N) is 4. The van der Waals surface area contributed by atoms with E-state index in [1.54, 1.807) is 19.1 Å². The van der Waals surface area contributed by atoms with E-state index in [0.29, 0.717) is 23.3 Å². The van der Waals surface area contributed by atoms with Crippen molar-refractivity contribution in [1.29, 1.82) is 0 Å². The van der Waals surface area contributed by atoms with Gasteiger partial charge in [-0.1, -0.05) is 48.2 Å². The molecule has 0 spiro atoms. The van der Waals surface area contributed by atoms with Crippen LogP contribution in [0.5, 0.6) is 0 Å². The molecular weight excluding hydrogens is 402 g/mol. The molecule has 2 aromatic carbocycles. The highest BCUT2D eigenvalue weighted by Crippen LogP contribution is 2.40. The van der Waals surface area contributed by atoms with Gasteiger partial charge in [0.25, 0.3) is 5.69 Å². The molecule has 1 fully saturated rings. The molecule has 1 atom stereocenters. The minimum absolute atomic E-state index is 0.0650. The molecule has 3 aromatic rings. The van der Waals surface area contributed by atoms with Crippen molar-refractivity contribution in [2.75, 3.05) is 5.32 Å². The second-order valence-electron chi connectivity index (χ2n) is 7.24. The third kappa shape index (κ3) is 4.68. The molecule has 4 rings (SSSR count). The number of hydrogen-bond acceptors (Lipinski definition) is 6. The van der Waals surface area contributed by atoms with Crippen molar-refractivity contribution in [3.63, 3.8) is 0 Å². The van der Waals surface area contributed by atoms with Crippen molar-refractivity contribution in [1.82, 2.24) is 14.8 Å². The Balaban J connectivity index is 1.48. The number of hydrogen-bond donors (Lipinski definition) is 1. The highest BCUT2D eigenvalue weighted by Gasteiger charge is 2.31. The summed E-state index contributed by atoms with van der Waals surface area (Å²) in [5.74, 6) is 1.15. The number of benzene rings is 2. The summed E-state index contributed by atoms with van der Waals surface area (Å²) in [6.07, 6.45) is 2.22. The fourth-order valence-electron chi connectivity index (χ4n) is 3.10. The fraction of sp³-hybridized carbons (Fsp3) is 0.286. The Morgan fingerprint density at radius 3 is 2.70 bits per heavy atom. The smallest absolute Gasteiger partial charge is 0.271 e. The van der Waals surface area contributed by atoms with Crippen molar-refractivity contribution >= 4 is 29.0 Å². The fourth-order valence-corrected chi connectivity index (χ4v) is 3.95. The predicted octanol–water partition coefficient (Wildman–Crippen LogP) is 4.23. The monoisotopic (exact) mass is 423 g/mol. The lowest BCUT2D eigenvalue weighted by Crippen LogP contribution is -2.23. The number of nitro benzene ring substituents is 1. The average Bonchev–Trinajstić information content (AvgIpc) is 3.52. The number of nitro groups is 1. The summed E-state index contributed by atoms with van der Waals surface area (Å²) in [6.45, 7) is 2.44. The summed E-state index contributed by atoms with van der Waals surface area (Å²) >= 11 is 1.34. The van der Waals surface area contributed by atoms with E-state index >= 15 is 0 Å². The highest BCUT2D eigenvalue weighted by atomic mass is 32.2. The molecule has 0 aliphatic heterocycles. The van der Waals surface area contributed by atoms with E-state index in [9.17, 15) is 14.9 Å². The normalized spacial score (nSPS) is 14.3. The van der Waals surface area contributed by atoms with Gasteiger partial charge in [-0.25, -0.2) is 0 Å². The zero-order valence-electron chi connectivity index (χ0n) is 16.4. The Labute approximate surface area is 177 Å². The highest BCUT2D eigenvalue weighted by molar-refractivity contribution is 8.00. The van der Waals surface area contributed by atoms with Crippen LogP contribution in [0, 0.1) is 10.1 Å². The molecule has 0 saturated heterocycles. The van der Waals surface area contributed by atoms with Crippen LogP contribution in [0.3, 0.4) is 0 Å². The standard InChI is InChI=1S/C21H21N5O3S/c1-14(20(27)22-17-8-5-9-18(12-17)26(28)29)30-21-24-23-19(16-10-11-16)25(21)13-15-6-3-2-4-7-15/h2-9,12,14,16H,10-11,13H2,1H3,(H,22,27). The van der Waals surface area contributed by atoms with Crippen LogP contribution in [0.15, 0.2) is 59.8 Å². The molecule has 1 amide bonds. The molecule has 1 N–H and O–H groups in total. The topological polar surface area (TPSA) is 103 Å². The van der Waals surface area contributed by atoms with Crippen LogP contribution in [0.25, 0.3) is 0 Å². The van der Waals surface area contributed by atoms with E-state index in [0.717, 1.165) is 24.2 Å². The summed E-state index contributed by atoms with van der Waals surface area (Å²) in [5, 5.41) is 22.7. The van der Waals surface area contributed by atoms with Gasteiger partial charge in [-0.2, -0.15) is 0 Å². The predicted molar refractivity (Wildman–Crippen MR) is 115 cm³/mol. The number of aromatic nitrogens is 3. The van der Waals surface area contributed by atoms with E-state index in [2.05, 4.69) is 32.2 Å². The summed E-state index contributed by atoms with van der Waals surface area (Å²) in [7, 11) is 0. The molecule has 1 aliphatic carbocycles. The molecule has 30 heavy (non-hydrogen) atoms. The van der Waals surface area contributed by atoms with E-state index in [-0.39, 0.29) is 11.6 Å². The third-order valence-electron chi connectivity index (χ3n) is 4.85. The number of nitrogens with one attached hydrogen (secondary N) is 1. The van der Waals surface area contributed by atoms with Crippen LogP contribution >= 0.6 is 11.8 Å². The van der Waals surface area contributed by atoms with Crippen molar-refractivity contribution in [2.45, 2.75) is 42.6 Å². The molecule has 1 heterocycles. The second kappa shape index (κ2) is 8.66. The molecule has 1 saturated carbocycles. The molecule has 9 heteroatoms. The third-order valence-corrected chi connectivity index (χ3v) is 5.93. The molecule has 8 nitrogen and oxygen atoms in total. The first-order chi connectivity index (χ1) is 14.5. The Hall–Kier alpha value is -3.20. The number of rotatable bonds is 8. The number of anilines is 1. The van der Waals surface area contributed by atoms with Crippen LogP contribution in [-0.4, -0.2) is 30.8 Å². The van der Waals surface area contributed by atoms with Gasteiger partial charge >= 0.3 is 0 Å². The van der Waals surface area contributed by atoms with E-state index in [4.69, 9.17) is 0 Å². The zero-order chi connectivity index (χ0) is 21.1. The number of carbonyl (C=O) groups excluding carboxylic acids is 1. The number of non-ortho nitro benzene ring substituents is 1. The van der Waals surface area contributed by atoms with E-state index in [1.807, 2.05) is 18.2 Å². The molecule has 1 aliphatic rings. The molecule has 0 bridgehead atoms. The van der Waals surface area contributed by atoms with Gasteiger partial charge in [-0.15, -0.1) is 10.2 Å². The average molecular weight is 423 g/mol. The van der Waals surface area contributed by atoms with Crippen LogP contribution in [-0.2, 0) is 11.3 Å². The summed E-state index contributed by atoms with van der Waals surface area (Å²) in [5.41, 5.74) is 1.48.